The molecule has 0 rings (SSSR count). The van der Waals surface area contributed by atoms with Gasteiger partial charge in [-0.2, -0.15) is 0 Å². The van der Waals surface area contributed by atoms with Crippen molar-refractivity contribution < 1.29 is 33.8 Å². The summed E-state index contributed by atoms with van der Waals surface area (Å²) in [4.78, 5) is 44.9. The minimum absolute atomic E-state index is 0.0148. The number of carbonyl (C=O) groups is 4. The number of hydrogen-bond acceptors (Lipinski definition) is 6. The summed E-state index contributed by atoms with van der Waals surface area (Å²) in [6, 6.07) is 0. The van der Waals surface area contributed by atoms with E-state index in [2.05, 4.69) is 9.47 Å². The minimum atomic E-state index is -1.69. The van der Waals surface area contributed by atoms with Gasteiger partial charge in [0.25, 0.3) is 0 Å². The Morgan fingerprint density at radius 1 is 0.944 bits per heavy atom. The Bertz CT molecular complexity index is 316. The molecule has 18 heavy (non-hydrogen) atoms. The van der Waals surface area contributed by atoms with Gasteiger partial charge in [0.15, 0.2) is 5.78 Å². The van der Waals surface area contributed by atoms with Crippen molar-refractivity contribution in [3.8, 4) is 0 Å². The van der Waals surface area contributed by atoms with Crippen molar-refractivity contribution >= 4 is 23.7 Å². The van der Waals surface area contributed by atoms with Crippen molar-refractivity contribution in [1.29, 1.82) is 0 Å². The molecule has 0 radical (unpaired) electrons. The van der Waals surface area contributed by atoms with E-state index in [9.17, 15) is 19.2 Å². The largest absolute Gasteiger partial charge is 0.481 e. The molecule has 0 amide bonds. The number of carboxylic acid groups (broad SMARTS) is 1. The maximum absolute atomic E-state index is 11.6. The van der Waals surface area contributed by atoms with Crippen LogP contribution in [-0.2, 0) is 28.7 Å². The van der Waals surface area contributed by atoms with Gasteiger partial charge in [-0.1, -0.05) is 0 Å². The molecule has 0 aromatic rings. The summed E-state index contributed by atoms with van der Waals surface area (Å²) < 4.78 is 9.18. The number of ketones is 1. The summed E-state index contributed by atoms with van der Waals surface area (Å²) in [7, 11) is 0. The third kappa shape index (κ3) is 5.42. The second-order valence-electron chi connectivity index (χ2n) is 3.30. The molecular weight excluding hydrogens is 244 g/mol. The van der Waals surface area contributed by atoms with Gasteiger partial charge in [0.05, 0.1) is 19.6 Å². The summed E-state index contributed by atoms with van der Waals surface area (Å²) in [5, 5.41) is 8.44. The van der Waals surface area contributed by atoms with Crippen molar-refractivity contribution in [2.75, 3.05) is 13.2 Å². The third-order valence-electron chi connectivity index (χ3n) is 1.95. The Balaban J connectivity index is 4.74. The van der Waals surface area contributed by atoms with Gasteiger partial charge in [0.2, 0.25) is 5.92 Å². The standard InChI is InChI=1S/C11H16O7/c1-3-17-10(15)9(11(16)18-4-2)7(12)5-6-8(13)14/h9H,3-6H2,1-2H3,(H,13,14). The lowest BCUT2D eigenvalue weighted by molar-refractivity contribution is -0.164. The van der Waals surface area contributed by atoms with E-state index in [0.29, 0.717) is 0 Å². The van der Waals surface area contributed by atoms with Gasteiger partial charge >= 0.3 is 17.9 Å². The molecule has 0 aromatic carbocycles. The topological polar surface area (TPSA) is 107 Å². The van der Waals surface area contributed by atoms with Crippen LogP contribution in [0.1, 0.15) is 26.7 Å². The Morgan fingerprint density at radius 3 is 1.72 bits per heavy atom. The van der Waals surface area contributed by atoms with Crippen LogP contribution in [0.4, 0.5) is 0 Å². The molecule has 0 heterocycles. The molecule has 0 saturated heterocycles. The average Bonchev–Trinajstić information content (AvgIpc) is 2.27. The van der Waals surface area contributed by atoms with Crippen LogP contribution in [0.3, 0.4) is 0 Å². The van der Waals surface area contributed by atoms with Gasteiger partial charge in [-0.3, -0.25) is 19.2 Å². The first-order valence-electron chi connectivity index (χ1n) is 5.51. The predicted molar refractivity (Wildman–Crippen MR) is 58.6 cm³/mol. The van der Waals surface area contributed by atoms with E-state index in [0.717, 1.165) is 0 Å². The number of ether oxygens (including phenoxy) is 2. The fraction of sp³-hybridized carbons (Fsp3) is 0.636. The van der Waals surface area contributed by atoms with E-state index < -0.39 is 42.5 Å². The molecule has 0 unspecified atom stereocenters. The first-order valence-corrected chi connectivity index (χ1v) is 5.51. The highest BCUT2D eigenvalue weighted by atomic mass is 16.6. The molecule has 0 fully saturated rings. The summed E-state index contributed by atoms with van der Waals surface area (Å²) in [6.45, 7) is 3.09. The van der Waals surface area contributed by atoms with E-state index in [4.69, 9.17) is 5.11 Å². The van der Waals surface area contributed by atoms with E-state index in [1.165, 1.54) is 13.8 Å². The maximum Gasteiger partial charge on any atom is 0.328 e. The molecule has 0 aliphatic rings. The van der Waals surface area contributed by atoms with Crippen LogP contribution in [0.25, 0.3) is 0 Å². The number of rotatable bonds is 8. The lowest BCUT2D eigenvalue weighted by Gasteiger charge is -2.12. The fourth-order valence-corrected chi connectivity index (χ4v) is 1.18. The van der Waals surface area contributed by atoms with Crippen LogP contribution in [-0.4, -0.2) is 42.0 Å². The fourth-order valence-electron chi connectivity index (χ4n) is 1.18. The van der Waals surface area contributed by atoms with Crippen LogP contribution < -0.4 is 0 Å². The number of carboxylic acids is 1. The molecule has 7 heteroatoms. The van der Waals surface area contributed by atoms with Gasteiger partial charge in [0.1, 0.15) is 0 Å². The van der Waals surface area contributed by atoms with E-state index in [1.807, 2.05) is 0 Å². The monoisotopic (exact) mass is 260 g/mol. The predicted octanol–water partition coefficient (Wildman–Crippen LogP) is 0.163. The molecule has 0 aromatic heterocycles. The third-order valence-corrected chi connectivity index (χ3v) is 1.95. The molecule has 7 nitrogen and oxygen atoms in total. The highest BCUT2D eigenvalue weighted by Crippen LogP contribution is 2.09. The van der Waals surface area contributed by atoms with Crippen molar-refractivity contribution in [3.05, 3.63) is 0 Å². The molecule has 0 spiro atoms. The van der Waals surface area contributed by atoms with Crippen LogP contribution in [0.2, 0.25) is 0 Å². The van der Waals surface area contributed by atoms with Gasteiger partial charge in [0, 0.05) is 6.42 Å². The normalized spacial score (nSPS) is 9.94. The molecule has 0 aliphatic carbocycles. The number of hydrogen-bond donors (Lipinski definition) is 1. The minimum Gasteiger partial charge on any atom is -0.481 e. The summed E-state index contributed by atoms with van der Waals surface area (Å²) >= 11 is 0. The van der Waals surface area contributed by atoms with Crippen LogP contribution >= 0.6 is 0 Å². The number of Topliss-reactive ketones (excluding diaryl/α,β-unsaturated/α-hetero) is 1. The maximum atomic E-state index is 11.6. The Kier molecular flexibility index (Phi) is 7.34. The Morgan fingerprint density at radius 2 is 1.39 bits per heavy atom. The van der Waals surface area contributed by atoms with Crippen molar-refractivity contribution in [2.45, 2.75) is 26.7 Å². The second-order valence-corrected chi connectivity index (χ2v) is 3.30. The van der Waals surface area contributed by atoms with Crippen LogP contribution in [0.15, 0.2) is 0 Å². The first kappa shape index (κ1) is 16.1. The molecule has 1 N–H and O–H groups in total. The Hall–Kier alpha value is -1.92. The van der Waals surface area contributed by atoms with Gasteiger partial charge < -0.3 is 14.6 Å². The van der Waals surface area contributed by atoms with E-state index in [-0.39, 0.29) is 13.2 Å². The smallest absolute Gasteiger partial charge is 0.328 e. The van der Waals surface area contributed by atoms with Crippen LogP contribution in [0, 0.1) is 5.92 Å². The number of esters is 2. The van der Waals surface area contributed by atoms with Crippen LogP contribution in [0.5, 0.6) is 0 Å². The first-order chi connectivity index (χ1) is 8.43. The number of carbonyl (C=O) groups excluding carboxylic acids is 3. The SMILES string of the molecule is CCOC(=O)C(C(=O)CCC(=O)O)C(=O)OCC. The van der Waals surface area contributed by atoms with Crippen molar-refractivity contribution in [1.82, 2.24) is 0 Å². The zero-order chi connectivity index (χ0) is 14.1. The molecular formula is C11H16O7. The van der Waals surface area contributed by atoms with Gasteiger partial charge in [-0.15, -0.1) is 0 Å². The molecule has 0 aliphatic heterocycles. The van der Waals surface area contributed by atoms with E-state index >= 15 is 0 Å². The van der Waals surface area contributed by atoms with Crippen molar-refractivity contribution in [2.24, 2.45) is 5.92 Å². The highest BCUT2D eigenvalue weighted by molar-refractivity contribution is 6.15. The van der Waals surface area contributed by atoms with Gasteiger partial charge in [-0.25, -0.2) is 0 Å². The lowest BCUT2D eigenvalue weighted by atomic mass is 10.0. The zero-order valence-corrected chi connectivity index (χ0v) is 10.3. The number of aliphatic carboxylic acids is 1. The molecule has 0 atom stereocenters. The zero-order valence-electron chi connectivity index (χ0n) is 10.3. The Labute approximate surface area is 104 Å². The summed E-state index contributed by atoms with van der Waals surface area (Å²) in [5.41, 5.74) is 0. The highest BCUT2D eigenvalue weighted by Gasteiger charge is 2.36. The van der Waals surface area contributed by atoms with Gasteiger partial charge in [-0.05, 0) is 13.8 Å². The lowest BCUT2D eigenvalue weighted by Crippen LogP contribution is -2.35. The quantitative estimate of drug-likeness (QED) is 0.489. The molecule has 102 valence electrons. The van der Waals surface area contributed by atoms with E-state index in [1.54, 1.807) is 0 Å². The molecule has 0 saturated carbocycles. The average molecular weight is 260 g/mol. The van der Waals surface area contributed by atoms with Crippen molar-refractivity contribution in [3.63, 3.8) is 0 Å². The molecule has 0 bridgehead atoms. The summed E-state index contributed by atoms with van der Waals surface area (Å²) in [5.74, 6) is -5.70. The summed E-state index contributed by atoms with van der Waals surface area (Å²) in [6.07, 6.45) is -0.869. The second kappa shape index (κ2) is 8.21.